The van der Waals surface area contributed by atoms with Crippen LogP contribution in [0.3, 0.4) is 0 Å². The van der Waals surface area contributed by atoms with Crippen molar-refractivity contribution in [2.45, 2.75) is 19.4 Å². The number of carbonyl (C=O) groups excluding carboxylic acids is 1. The largest absolute Gasteiger partial charge is 0.496 e. The summed E-state index contributed by atoms with van der Waals surface area (Å²) < 4.78 is 10.5. The Morgan fingerprint density at radius 2 is 1.88 bits per heavy atom. The number of ether oxygens (including phenoxy) is 2. The first-order valence-corrected chi connectivity index (χ1v) is 5.22. The number of methoxy groups -OCH3 is 2. The average molecular weight is 221 g/mol. The van der Waals surface area contributed by atoms with Crippen molar-refractivity contribution in [3.8, 4) is 11.5 Å². The predicted octanol–water partition coefficient (Wildman–Crippen LogP) is 1.38. The highest BCUT2D eigenvalue weighted by molar-refractivity contribution is 6.00. The van der Waals surface area contributed by atoms with Crippen LogP contribution in [0.2, 0.25) is 0 Å². The first kappa shape index (κ1) is 10.8. The number of hydrogen-bond acceptors (Lipinski definition) is 3. The molecule has 1 heterocycles. The zero-order chi connectivity index (χ0) is 11.7. The lowest BCUT2D eigenvalue weighted by molar-refractivity contribution is 0.0924. The summed E-state index contributed by atoms with van der Waals surface area (Å²) in [5.74, 6) is 1.25. The van der Waals surface area contributed by atoms with Crippen molar-refractivity contribution in [2.75, 3.05) is 14.2 Å². The van der Waals surface area contributed by atoms with Crippen LogP contribution in [-0.2, 0) is 6.42 Å². The topological polar surface area (TPSA) is 47.6 Å². The first-order valence-electron chi connectivity index (χ1n) is 5.22. The van der Waals surface area contributed by atoms with Crippen LogP contribution in [0.4, 0.5) is 0 Å². The second-order valence-corrected chi connectivity index (χ2v) is 3.90. The van der Waals surface area contributed by atoms with Gasteiger partial charge in [0.25, 0.3) is 5.91 Å². The van der Waals surface area contributed by atoms with Gasteiger partial charge in [-0.15, -0.1) is 0 Å². The number of rotatable bonds is 2. The van der Waals surface area contributed by atoms with Gasteiger partial charge in [0.2, 0.25) is 0 Å². The van der Waals surface area contributed by atoms with E-state index in [0.29, 0.717) is 11.3 Å². The summed E-state index contributed by atoms with van der Waals surface area (Å²) in [4.78, 5) is 11.9. The summed E-state index contributed by atoms with van der Waals surface area (Å²) in [5.41, 5.74) is 1.53. The van der Waals surface area contributed by atoms with E-state index in [9.17, 15) is 4.79 Å². The SMILES string of the molecule is COc1ccc(OC)c2c1CC(C)NC2=O. The molecule has 0 aliphatic carbocycles. The quantitative estimate of drug-likeness (QED) is 0.820. The molecule has 0 aromatic heterocycles. The summed E-state index contributed by atoms with van der Waals surface area (Å²) in [6.07, 6.45) is 0.765. The Morgan fingerprint density at radius 3 is 2.50 bits per heavy atom. The van der Waals surface area contributed by atoms with Crippen LogP contribution in [0, 0.1) is 0 Å². The van der Waals surface area contributed by atoms with Gasteiger partial charge in [-0.05, 0) is 25.5 Å². The molecule has 1 aliphatic heterocycles. The van der Waals surface area contributed by atoms with E-state index in [1.54, 1.807) is 20.3 Å². The molecule has 0 saturated carbocycles. The van der Waals surface area contributed by atoms with Crippen LogP contribution in [0.1, 0.15) is 22.8 Å². The van der Waals surface area contributed by atoms with E-state index < -0.39 is 0 Å². The van der Waals surface area contributed by atoms with E-state index in [1.807, 2.05) is 13.0 Å². The molecular weight excluding hydrogens is 206 g/mol. The second-order valence-electron chi connectivity index (χ2n) is 3.90. The Kier molecular flexibility index (Phi) is 2.73. The van der Waals surface area contributed by atoms with Gasteiger partial charge in [-0.3, -0.25) is 4.79 Å². The predicted molar refractivity (Wildman–Crippen MR) is 60.2 cm³/mol. The van der Waals surface area contributed by atoms with Gasteiger partial charge < -0.3 is 14.8 Å². The van der Waals surface area contributed by atoms with Crippen molar-refractivity contribution in [1.29, 1.82) is 0 Å². The molecule has 0 fully saturated rings. The summed E-state index contributed by atoms with van der Waals surface area (Å²) in [6, 6.07) is 3.72. The Hall–Kier alpha value is -1.71. The Balaban J connectivity index is 2.61. The number of benzene rings is 1. The minimum Gasteiger partial charge on any atom is -0.496 e. The number of fused-ring (bicyclic) bond motifs is 1. The molecule has 16 heavy (non-hydrogen) atoms. The maximum absolute atomic E-state index is 11.9. The molecule has 1 unspecified atom stereocenters. The molecule has 0 saturated heterocycles. The minimum absolute atomic E-state index is 0.0931. The Labute approximate surface area is 94.6 Å². The highest BCUT2D eigenvalue weighted by Crippen LogP contribution is 2.33. The molecule has 1 N–H and O–H groups in total. The molecule has 1 aliphatic rings. The zero-order valence-electron chi connectivity index (χ0n) is 9.66. The number of carbonyl (C=O) groups is 1. The molecule has 1 atom stereocenters. The summed E-state index contributed by atoms with van der Waals surface area (Å²) >= 11 is 0. The summed E-state index contributed by atoms with van der Waals surface area (Å²) in [7, 11) is 3.17. The molecule has 86 valence electrons. The van der Waals surface area contributed by atoms with Crippen molar-refractivity contribution >= 4 is 5.91 Å². The molecule has 1 aromatic carbocycles. The minimum atomic E-state index is -0.0931. The monoisotopic (exact) mass is 221 g/mol. The fraction of sp³-hybridized carbons (Fsp3) is 0.417. The molecular formula is C12H15NO3. The van der Waals surface area contributed by atoms with E-state index >= 15 is 0 Å². The molecule has 0 spiro atoms. The second kappa shape index (κ2) is 4.04. The molecule has 1 amide bonds. The van der Waals surface area contributed by atoms with E-state index in [4.69, 9.17) is 9.47 Å². The van der Waals surface area contributed by atoms with Crippen LogP contribution in [0.15, 0.2) is 12.1 Å². The van der Waals surface area contributed by atoms with Crippen LogP contribution < -0.4 is 14.8 Å². The number of nitrogens with one attached hydrogen (secondary N) is 1. The highest BCUT2D eigenvalue weighted by atomic mass is 16.5. The van der Waals surface area contributed by atoms with E-state index in [1.165, 1.54) is 0 Å². The summed E-state index contributed by atoms with van der Waals surface area (Å²) in [6.45, 7) is 1.97. The third kappa shape index (κ3) is 1.60. The maximum Gasteiger partial charge on any atom is 0.255 e. The third-order valence-corrected chi connectivity index (χ3v) is 2.79. The average Bonchev–Trinajstić information content (AvgIpc) is 2.27. The molecule has 4 heteroatoms. The van der Waals surface area contributed by atoms with Gasteiger partial charge in [0.05, 0.1) is 19.8 Å². The molecule has 2 rings (SSSR count). The van der Waals surface area contributed by atoms with Gasteiger partial charge in [-0.1, -0.05) is 0 Å². The van der Waals surface area contributed by atoms with Crippen LogP contribution >= 0.6 is 0 Å². The Morgan fingerprint density at radius 1 is 1.25 bits per heavy atom. The standard InChI is InChI=1S/C12H15NO3/c1-7-6-8-9(15-2)4-5-10(16-3)11(8)12(14)13-7/h4-5,7H,6H2,1-3H3,(H,13,14). The molecule has 0 bridgehead atoms. The Bertz CT molecular complexity index is 429. The van der Waals surface area contributed by atoms with Gasteiger partial charge in [0.1, 0.15) is 11.5 Å². The van der Waals surface area contributed by atoms with Crippen molar-refractivity contribution in [3.05, 3.63) is 23.3 Å². The van der Waals surface area contributed by atoms with Gasteiger partial charge in [-0.25, -0.2) is 0 Å². The van der Waals surface area contributed by atoms with Crippen LogP contribution in [-0.4, -0.2) is 26.2 Å². The molecule has 4 nitrogen and oxygen atoms in total. The normalized spacial score (nSPS) is 18.7. The lowest BCUT2D eigenvalue weighted by Gasteiger charge is -2.25. The number of hydrogen-bond donors (Lipinski definition) is 1. The van der Waals surface area contributed by atoms with Crippen molar-refractivity contribution in [1.82, 2.24) is 5.32 Å². The highest BCUT2D eigenvalue weighted by Gasteiger charge is 2.27. The van der Waals surface area contributed by atoms with E-state index in [2.05, 4.69) is 5.32 Å². The van der Waals surface area contributed by atoms with Crippen LogP contribution in [0.5, 0.6) is 11.5 Å². The number of amides is 1. The lowest BCUT2D eigenvalue weighted by Crippen LogP contribution is -2.39. The van der Waals surface area contributed by atoms with Gasteiger partial charge >= 0.3 is 0 Å². The fourth-order valence-corrected chi connectivity index (χ4v) is 2.07. The van der Waals surface area contributed by atoms with E-state index in [-0.39, 0.29) is 11.9 Å². The van der Waals surface area contributed by atoms with Crippen LogP contribution in [0.25, 0.3) is 0 Å². The van der Waals surface area contributed by atoms with Gasteiger partial charge in [0, 0.05) is 11.6 Å². The smallest absolute Gasteiger partial charge is 0.255 e. The lowest BCUT2D eigenvalue weighted by atomic mass is 9.94. The molecule has 0 radical (unpaired) electrons. The maximum atomic E-state index is 11.9. The van der Waals surface area contributed by atoms with Crippen molar-refractivity contribution in [2.24, 2.45) is 0 Å². The molecule has 1 aromatic rings. The first-order chi connectivity index (χ1) is 7.67. The zero-order valence-corrected chi connectivity index (χ0v) is 9.66. The van der Waals surface area contributed by atoms with E-state index in [0.717, 1.165) is 17.7 Å². The van der Waals surface area contributed by atoms with Gasteiger partial charge in [0.15, 0.2) is 0 Å². The summed E-state index contributed by atoms with van der Waals surface area (Å²) in [5, 5.41) is 2.89. The van der Waals surface area contributed by atoms with Crippen molar-refractivity contribution in [3.63, 3.8) is 0 Å². The third-order valence-electron chi connectivity index (χ3n) is 2.79. The van der Waals surface area contributed by atoms with Crippen molar-refractivity contribution < 1.29 is 14.3 Å². The van der Waals surface area contributed by atoms with Gasteiger partial charge in [-0.2, -0.15) is 0 Å². The fourth-order valence-electron chi connectivity index (χ4n) is 2.07.